The number of piperazine rings is 1. The first-order chi connectivity index (χ1) is 15.2. The Morgan fingerprint density at radius 2 is 1.81 bits per heavy atom. The number of para-hydroxylation sites is 1. The summed E-state index contributed by atoms with van der Waals surface area (Å²) in [6.07, 6.45) is -2.18. The standard InChI is InChI=1S/C21H19ClF3N5O2/c22-16-11-14(21(23,24)25)12-26-19(16)29-9-7-28(8-10-29)18(31)5-6-30-13-27-17-4-2-1-3-15(17)20(30)32/h1-4,11-13H,5-10H2. The maximum atomic E-state index is 12.8. The molecule has 1 saturated heterocycles. The third-order valence-corrected chi connectivity index (χ3v) is 5.66. The van der Waals surface area contributed by atoms with Crippen molar-refractivity contribution in [3.8, 4) is 0 Å². The van der Waals surface area contributed by atoms with E-state index in [-0.39, 0.29) is 35.3 Å². The van der Waals surface area contributed by atoms with E-state index in [9.17, 15) is 22.8 Å². The first-order valence-corrected chi connectivity index (χ1v) is 10.3. The van der Waals surface area contributed by atoms with E-state index in [2.05, 4.69) is 9.97 Å². The quantitative estimate of drug-likeness (QED) is 0.591. The van der Waals surface area contributed by atoms with Crippen molar-refractivity contribution in [2.75, 3.05) is 31.1 Å². The molecule has 7 nitrogen and oxygen atoms in total. The Morgan fingerprint density at radius 1 is 1.09 bits per heavy atom. The normalized spacial score (nSPS) is 14.8. The van der Waals surface area contributed by atoms with Gasteiger partial charge in [-0.15, -0.1) is 0 Å². The summed E-state index contributed by atoms with van der Waals surface area (Å²) < 4.78 is 39.8. The topological polar surface area (TPSA) is 71.3 Å². The van der Waals surface area contributed by atoms with Gasteiger partial charge in [0.1, 0.15) is 5.82 Å². The molecule has 1 aromatic carbocycles. The molecular weight excluding hydrogens is 447 g/mol. The number of hydrogen-bond acceptors (Lipinski definition) is 5. The minimum absolute atomic E-state index is 0.0808. The first-order valence-electron chi connectivity index (χ1n) is 9.93. The van der Waals surface area contributed by atoms with E-state index < -0.39 is 11.7 Å². The molecule has 1 aliphatic rings. The highest BCUT2D eigenvalue weighted by atomic mass is 35.5. The molecule has 168 valence electrons. The van der Waals surface area contributed by atoms with Gasteiger partial charge in [0.15, 0.2) is 0 Å². The van der Waals surface area contributed by atoms with Crippen LogP contribution in [0.3, 0.4) is 0 Å². The maximum Gasteiger partial charge on any atom is 0.417 e. The molecule has 4 rings (SSSR count). The van der Waals surface area contributed by atoms with E-state index in [4.69, 9.17) is 11.6 Å². The van der Waals surface area contributed by atoms with Crippen LogP contribution in [0.2, 0.25) is 5.02 Å². The number of pyridine rings is 1. The van der Waals surface area contributed by atoms with Crippen molar-refractivity contribution in [3.63, 3.8) is 0 Å². The molecule has 1 fully saturated rings. The van der Waals surface area contributed by atoms with E-state index in [1.807, 2.05) is 0 Å². The van der Waals surface area contributed by atoms with E-state index in [0.717, 1.165) is 12.3 Å². The van der Waals surface area contributed by atoms with Crippen LogP contribution >= 0.6 is 11.6 Å². The Morgan fingerprint density at radius 3 is 2.50 bits per heavy atom. The number of alkyl halides is 3. The molecule has 1 aliphatic heterocycles. The van der Waals surface area contributed by atoms with Gasteiger partial charge in [-0.3, -0.25) is 14.2 Å². The first kappa shape index (κ1) is 22.1. The van der Waals surface area contributed by atoms with Gasteiger partial charge < -0.3 is 9.80 Å². The fourth-order valence-corrected chi connectivity index (χ4v) is 3.91. The van der Waals surface area contributed by atoms with Gasteiger partial charge in [-0.2, -0.15) is 13.2 Å². The SMILES string of the molecule is O=C(CCn1cnc2ccccc2c1=O)N1CCN(c2ncc(C(F)(F)F)cc2Cl)CC1. The minimum atomic E-state index is -4.51. The highest BCUT2D eigenvalue weighted by Crippen LogP contribution is 2.33. The molecule has 3 heterocycles. The van der Waals surface area contributed by atoms with Gasteiger partial charge in [0.05, 0.1) is 27.8 Å². The third-order valence-electron chi connectivity index (χ3n) is 5.38. The number of anilines is 1. The van der Waals surface area contributed by atoms with Gasteiger partial charge in [0, 0.05) is 45.3 Å². The highest BCUT2D eigenvalue weighted by molar-refractivity contribution is 6.33. The molecule has 1 amide bonds. The molecule has 0 spiro atoms. The number of carbonyl (C=O) groups is 1. The summed E-state index contributed by atoms with van der Waals surface area (Å²) in [7, 11) is 0. The number of carbonyl (C=O) groups excluding carboxylic acids is 1. The summed E-state index contributed by atoms with van der Waals surface area (Å²) in [4.78, 5) is 36.7. The zero-order valence-corrected chi connectivity index (χ0v) is 17.6. The van der Waals surface area contributed by atoms with Gasteiger partial charge in [-0.25, -0.2) is 9.97 Å². The summed E-state index contributed by atoms with van der Waals surface area (Å²) in [6.45, 7) is 1.75. The van der Waals surface area contributed by atoms with E-state index in [1.54, 1.807) is 34.1 Å². The van der Waals surface area contributed by atoms with Crippen LogP contribution in [0.25, 0.3) is 10.9 Å². The van der Waals surface area contributed by atoms with E-state index in [0.29, 0.717) is 37.1 Å². The van der Waals surface area contributed by atoms with Crippen molar-refractivity contribution in [1.29, 1.82) is 0 Å². The van der Waals surface area contributed by atoms with Crippen LogP contribution in [0.1, 0.15) is 12.0 Å². The second kappa shape index (κ2) is 8.78. The average Bonchev–Trinajstić information content (AvgIpc) is 2.78. The fourth-order valence-electron chi connectivity index (χ4n) is 3.63. The van der Waals surface area contributed by atoms with Crippen LogP contribution < -0.4 is 10.5 Å². The number of halogens is 4. The molecular formula is C21H19ClF3N5O2. The number of aryl methyl sites for hydroxylation is 1. The lowest BCUT2D eigenvalue weighted by Gasteiger charge is -2.36. The predicted octanol–water partition coefficient (Wildman–Crippen LogP) is 3.20. The third kappa shape index (κ3) is 4.55. The van der Waals surface area contributed by atoms with Gasteiger partial charge in [0.2, 0.25) is 5.91 Å². The number of amides is 1. The van der Waals surface area contributed by atoms with Crippen LogP contribution in [0.15, 0.2) is 47.7 Å². The maximum absolute atomic E-state index is 12.8. The summed E-state index contributed by atoms with van der Waals surface area (Å²) in [6, 6.07) is 7.87. The van der Waals surface area contributed by atoms with Crippen LogP contribution in [0.4, 0.5) is 19.0 Å². The highest BCUT2D eigenvalue weighted by Gasteiger charge is 2.32. The summed E-state index contributed by atoms with van der Waals surface area (Å²) in [5.41, 5.74) is -0.499. The number of aromatic nitrogens is 3. The summed E-state index contributed by atoms with van der Waals surface area (Å²) in [5, 5.41) is 0.416. The van der Waals surface area contributed by atoms with E-state index >= 15 is 0 Å². The smallest absolute Gasteiger partial charge is 0.352 e. The molecule has 3 aromatic rings. The fraction of sp³-hybridized carbons (Fsp3) is 0.333. The minimum Gasteiger partial charge on any atom is -0.352 e. The van der Waals surface area contributed by atoms with Gasteiger partial charge >= 0.3 is 6.18 Å². The molecule has 32 heavy (non-hydrogen) atoms. The molecule has 0 saturated carbocycles. The monoisotopic (exact) mass is 465 g/mol. The largest absolute Gasteiger partial charge is 0.417 e. The molecule has 0 unspecified atom stereocenters. The van der Waals surface area contributed by atoms with Crippen LogP contribution in [0, 0.1) is 0 Å². The summed E-state index contributed by atoms with van der Waals surface area (Å²) >= 11 is 6.02. The number of hydrogen-bond donors (Lipinski definition) is 0. The zero-order chi connectivity index (χ0) is 22.9. The zero-order valence-electron chi connectivity index (χ0n) is 16.8. The van der Waals surface area contributed by atoms with Crippen LogP contribution in [-0.2, 0) is 17.5 Å². The average molecular weight is 466 g/mol. The Hall–Kier alpha value is -3.14. The number of rotatable bonds is 4. The van der Waals surface area contributed by atoms with Crippen molar-refractivity contribution in [3.05, 3.63) is 63.8 Å². The Kier molecular flexibility index (Phi) is 6.05. The van der Waals surface area contributed by atoms with Crippen molar-refractivity contribution in [1.82, 2.24) is 19.4 Å². The molecule has 11 heteroatoms. The van der Waals surface area contributed by atoms with Crippen LogP contribution in [-0.4, -0.2) is 51.5 Å². The van der Waals surface area contributed by atoms with Crippen LogP contribution in [0.5, 0.6) is 0 Å². The number of nitrogens with zero attached hydrogens (tertiary/aromatic N) is 5. The second-order valence-electron chi connectivity index (χ2n) is 7.41. The van der Waals surface area contributed by atoms with Crippen molar-refractivity contribution in [2.24, 2.45) is 0 Å². The lowest BCUT2D eigenvalue weighted by atomic mass is 10.2. The Labute approximate surface area is 186 Å². The molecule has 0 N–H and O–H groups in total. The molecule has 0 radical (unpaired) electrons. The second-order valence-corrected chi connectivity index (χ2v) is 7.81. The lowest BCUT2D eigenvalue weighted by molar-refractivity contribution is -0.137. The van der Waals surface area contributed by atoms with Gasteiger partial charge in [0.25, 0.3) is 5.56 Å². The van der Waals surface area contributed by atoms with Gasteiger partial charge in [-0.05, 0) is 18.2 Å². The number of benzene rings is 1. The number of fused-ring (bicyclic) bond motifs is 1. The lowest BCUT2D eigenvalue weighted by Crippen LogP contribution is -2.49. The molecule has 2 aromatic heterocycles. The molecule has 0 bridgehead atoms. The Balaban J connectivity index is 1.35. The molecule has 0 atom stereocenters. The molecule has 0 aliphatic carbocycles. The summed E-state index contributed by atoms with van der Waals surface area (Å²) in [5.74, 6) is 0.150. The van der Waals surface area contributed by atoms with Gasteiger partial charge in [-0.1, -0.05) is 23.7 Å². The predicted molar refractivity (Wildman–Crippen MR) is 114 cm³/mol. The van der Waals surface area contributed by atoms with Crippen molar-refractivity contribution in [2.45, 2.75) is 19.1 Å². The Bertz CT molecular complexity index is 1210. The van der Waals surface area contributed by atoms with Crippen molar-refractivity contribution >= 4 is 34.2 Å². The van der Waals surface area contributed by atoms with Crippen molar-refractivity contribution < 1.29 is 18.0 Å². The van der Waals surface area contributed by atoms with E-state index in [1.165, 1.54) is 10.9 Å².